The van der Waals surface area contributed by atoms with Crippen molar-refractivity contribution < 1.29 is 4.74 Å². The second-order valence-corrected chi connectivity index (χ2v) is 5.68. The van der Waals surface area contributed by atoms with Crippen LogP contribution in [0.25, 0.3) is 0 Å². The first kappa shape index (κ1) is 13.7. The molecule has 0 radical (unpaired) electrons. The summed E-state index contributed by atoms with van der Waals surface area (Å²) >= 11 is 0. The van der Waals surface area contributed by atoms with Gasteiger partial charge >= 0.3 is 0 Å². The van der Waals surface area contributed by atoms with E-state index in [1.807, 2.05) is 0 Å². The van der Waals surface area contributed by atoms with Gasteiger partial charge in [-0.25, -0.2) is 0 Å². The van der Waals surface area contributed by atoms with Crippen LogP contribution < -0.4 is 10.5 Å². The molecule has 1 aromatic rings. The Morgan fingerprint density at radius 3 is 3.05 bits per heavy atom. The van der Waals surface area contributed by atoms with Crippen LogP contribution in [0.15, 0.2) is 23.6 Å². The van der Waals surface area contributed by atoms with Crippen LogP contribution in [0.4, 0.5) is 0 Å². The summed E-state index contributed by atoms with van der Waals surface area (Å²) in [6, 6.07) is 2.26. The highest BCUT2D eigenvalue weighted by molar-refractivity contribution is 5.49. The van der Waals surface area contributed by atoms with Crippen LogP contribution >= 0.6 is 0 Å². The lowest BCUT2D eigenvalue weighted by Gasteiger charge is -2.31. The summed E-state index contributed by atoms with van der Waals surface area (Å²) in [6.45, 7) is 2.13. The van der Waals surface area contributed by atoms with E-state index in [4.69, 9.17) is 10.5 Å². The van der Waals surface area contributed by atoms with Gasteiger partial charge in [-0.15, -0.1) is 5.10 Å². The minimum Gasteiger partial charge on any atom is -0.420 e. The van der Waals surface area contributed by atoms with E-state index in [2.05, 4.69) is 35.3 Å². The SMILES string of the molecule is CCCc1[nH]nc2c1[C@@H]([C@@H]1CC=CCC1)C(C#N)=C(N)O2. The van der Waals surface area contributed by atoms with Crippen LogP contribution in [0.2, 0.25) is 0 Å². The van der Waals surface area contributed by atoms with E-state index in [1.54, 1.807) is 0 Å². The number of H-pyrrole nitrogens is 1. The zero-order valence-corrected chi connectivity index (χ0v) is 12.2. The number of aromatic amines is 1. The maximum Gasteiger partial charge on any atom is 0.243 e. The number of nitriles is 1. The number of ether oxygens (including phenoxy) is 1. The minimum absolute atomic E-state index is 0.00370. The third kappa shape index (κ3) is 2.31. The topological polar surface area (TPSA) is 87.7 Å². The molecular weight excluding hydrogens is 264 g/mol. The summed E-state index contributed by atoms with van der Waals surface area (Å²) in [6.07, 6.45) is 9.43. The van der Waals surface area contributed by atoms with Crippen molar-refractivity contribution in [1.82, 2.24) is 10.2 Å². The van der Waals surface area contributed by atoms with Crippen molar-refractivity contribution >= 4 is 0 Å². The highest BCUT2D eigenvalue weighted by Gasteiger charge is 2.38. The van der Waals surface area contributed by atoms with E-state index in [9.17, 15) is 5.26 Å². The van der Waals surface area contributed by atoms with Crippen molar-refractivity contribution in [3.63, 3.8) is 0 Å². The Bertz CT molecular complexity index is 635. The molecule has 0 amide bonds. The van der Waals surface area contributed by atoms with Gasteiger partial charge in [-0.3, -0.25) is 5.10 Å². The molecule has 3 rings (SSSR count). The molecule has 0 bridgehead atoms. The monoisotopic (exact) mass is 284 g/mol. The Balaban J connectivity index is 2.07. The highest BCUT2D eigenvalue weighted by Crippen LogP contribution is 2.46. The average molecular weight is 284 g/mol. The number of aromatic nitrogens is 2. The van der Waals surface area contributed by atoms with Gasteiger partial charge in [-0.2, -0.15) is 5.26 Å². The van der Waals surface area contributed by atoms with E-state index in [0.29, 0.717) is 17.4 Å². The normalized spacial score (nSPS) is 24.4. The Hall–Kier alpha value is -2.22. The molecule has 1 aliphatic heterocycles. The van der Waals surface area contributed by atoms with Gasteiger partial charge < -0.3 is 10.5 Å². The molecular formula is C16H20N4O. The fourth-order valence-corrected chi connectivity index (χ4v) is 3.38. The van der Waals surface area contributed by atoms with Crippen LogP contribution in [-0.4, -0.2) is 10.2 Å². The molecule has 2 heterocycles. The smallest absolute Gasteiger partial charge is 0.243 e. The fraction of sp³-hybridized carbons (Fsp3) is 0.500. The van der Waals surface area contributed by atoms with Gasteiger partial charge in [0.05, 0.1) is 5.57 Å². The molecule has 3 N–H and O–H groups in total. The molecule has 0 saturated carbocycles. The summed E-state index contributed by atoms with van der Waals surface area (Å²) in [5.74, 6) is 1.15. The number of aryl methyl sites for hydroxylation is 1. The van der Waals surface area contributed by atoms with Gasteiger partial charge in [0.25, 0.3) is 0 Å². The van der Waals surface area contributed by atoms with Crippen molar-refractivity contribution in [3.8, 4) is 11.9 Å². The standard InChI is InChI=1S/C16H20N4O/c1-2-6-12-14-13(10-7-4-3-5-8-10)11(9-17)15(18)21-16(14)20-19-12/h3-4,10,13H,2,5-8,18H2,1H3,(H,19,20)/t10-,13+/m1/s1. The number of nitrogens with two attached hydrogens (primary N) is 1. The van der Waals surface area contributed by atoms with Crippen LogP contribution in [0, 0.1) is 17.2 Å². The average Bonchev–Trinajstić information content (AvgIpc) is 2.89. The first-order valence-electron chi connectivity index (χ1n) is 7.56. The van der Waals surface area contributed by atoms with Gasteiger partial charge in [0, 0.05) is 17.2 Å². The summed E-state index contributed by atoms with van der Waals surface area (Å²) < 4.78 is 5.56. The summed E-state index contributed by atoms with van der Waals surface area (Å²) in [5, 5.41) is 16.8. The number of fused-ring (bicyclic) bond motifs is 1. The predicted octanol–water partition coefficient (Wildman–Crippen LogP) is 2.89. The molecule has 2 atom stereocenters. The first-order valence-corrected chi connectivity index (χ1v) is 7.56. The summed E-state index contributed by atoms with van der Waals surface area (Å²) in [7, 11) is 0. The molecule has 0 saturated heterocycles. The van der Waals surface area contributed by atoms with Gasteiger partial charge in [0.2, 0.25) is 11.8 Å². The van der Waals surface area contributed by atoms with E-state index >= 15 is 0 Å². The van der Waals surface area contributed by atoms with Crippen LogP contribution in [0.5, 0.6) is 5.88 Å². The van der Waals surface area contributed by atoms with Crippen molar-refractivity contribution in [2.75, 3.05) is 0 Å². The van der Waals surface area contributed by atoms with Crippen molar-refractivity contribution in [3.05, 3.63) is 34.9 Å². The molecule has 0 unspecified atom stereocenters. The van der Waals surface area contributed by atoms with E-state index in [-0.39, 0.29) is 11.8 Å². The maximum absolute atomic E-state index is 9.53. The Morgan fingerprint density at radius 1 is 1.52 bits per heavy atom. The fourth-order valence-electron chi connectivity index (χ4n) is 3.38. The number of nitrogens with zero attached hydrogens (tertiary/aromatic N) is 2. The number of allylic oxidation sites excluding steroid dienone is 3. The molecule has 5 nitrogen and oxygen atoms in total. The lowest BCUT2D eigenvalue weighted by Crippen LogP contribution is -2.26. The Morgan fingerprint density at radius 2 is 2.38 bits per heavy atom. The molecule has 110 valence electrons. The van der Waals surface area contributed by atoms with Crippen LogP contribution in [-0.2, 0) is 6.42 Å². The molecule has 21 heavy (non-hydrogen) atoms. The molecule has 0 fully saturated rings. The maximum atomic E-state index is 9.53. The lowest BCUT2D eigenvalue weighted by molar-refractivity contribution is 0.339. The van der Waals surface area contributed by atoms with Gasteiger partial charge in [-0.05, 0) is 31.6 Å². The largest absolute Gasteiger partial charge is 0.420 e. The second-order valence-electron chi connectivity index (χ2n) is 5.68. The van der Waals surface area contributed by atoms with Crippen molar-refractivity contribution in [1.29, 1.82) is 5.26 Å². The minimum atomic E-state index is 0.00370. The zero-order valence-electron chi connectivity index (χ0n) is 12.2. The zero-order chi connectivity index (χ0) is 14.8. The van der Waals surface area contributed by atoms with E-state index < -0.39 is 0 Å². The molecule has 1 aromatic heterocycles. The van der Waals surface area contributed by atoms with Gasteiger partial charge in [-0.1, -0.05) is 25.5 Å². The summed E-state index contributed by atoms with van der Waals surface area (Å²) in [4.78, 5) is 0. The third-order valence-electron chi connectivity index (χ3n) is 4.34. The number of hydrogen-bond donors (Lipinski definition) is 2. The highest BCUT2D eigenvalue weighted by atomic mass is 16.5. The predicted molar refractivity (Wildman–Crippen MR) is 79.3 cm³/mol. The quantitative estimate of drug-likeness (QED) is 0.835. The molecule has 2 aliphatic rings. The molecule has 1 aliphatic carbocycles. The van der Waals surface area contributed by atoms with Gasteiger partial charge in [0.1, 0.15) is 6.07 Å². The Labute approximate surface area is 124 Å². The lowest BCUT2D eigenvalue weighted by atomic mass is 9.74. The van der Waals surface area contributed by atoms with Crippen LogP contribution in [0.1, 0.15) is 49.8 Å². The summed E-state index contributed by atoms with van der Waals surface area (Å²) in [5.41, 5.74) is 8.63. The first-order chi connectivity index (χ1) is 10.3. The molecule has 0 aromatic carbocycles. The third-order valence-corrected chi connectivity index (χ3v) is 4.34. The van der Waals surface area contributed by atoms with E-state index in [1.165, 1.54) is 0 Å². The van der Waals surface area contributed by atoms with Gasteiger partial charge in [0.15, 0.2) is 0 Å². The number of nitrogens with one attached hydrogen (secondary N) is 1. The van der Waals surface area contributed by atoms with Crippen molar-refractivity contribution in [2.45, 2.75) is 44.9 Å². The molecule has 0 spiro atoms. The van der Waals surface area contributed by atoms with E-state index in [0.717, 1.165) is 43.4 Å². The van der Waals surface area contributed by atoms with Crippen molar-refractivity contribution in [2.24, 2.45) is 11.7 Å². The number of hydrogen-bond acceptors (Lipinski definition) is 4. The Kier molecular flexibility index (Phi) is 3.70. The second kappa shape index (κ2) is 5.65. The van der Waals surface area contributed by atoms with Crippen LogP contribution in [0.3, 0.4) is 0 Å². The number of rotatable bonds is 3. The molecule has 5 heteroatoms.